The topological polar surface area (TPSA) is 30.5 Å². The van der Waals surface area contributed by atoms with Crippen LogP contribution in [0.1, 0.15) is 32.3 Å². The molecule has 0 spiro atoms. The molecule has 0 saturated heterocycles. The summed E-state index contributed by atoms with van der Waals surface area (Å²) in [4.78, 5) is 0. The Hall–Kier alpha value is -1.13. The van der Waals surface area contributed by atoms with E-state index in [0.29, 0.717) is 24.1 Å². The molecule has 1 fully saturated rings. The molecule has 1 aliphatic carbocycles. The summed E-state index contributed by atoms with van der Waals surface area (Å²) in [6, 6.07) is 4.79. The summed E-state index contributed by atoms with van der Waals surface area (Å²) in [6.45, 7) is 6.79. The van der Waals surface area contributed by atoms with E-state index in [1.54, 1.807) is 0 Å². The van der Waals surface area contributed by atoms with Crippen LogP contribution in [0.4, 0.5) is 4.39 Å². The van der Waals surface area contributed by atoms with Crippen LogP contribution in [0.25, 0.3) is 0 Å². The van der Waals surface area contributed by atoms with Crippen LogP contribution in [0.3, 0.4) is 0 Å². The van der Waals surface area contributed by atoms with Crippen molar-refractivity contribution in [3.63, 3.8) is 0 Å². The zero-order chi connectivity index (χ0) is 14.4. The summed E-state index contributed by atoms with van der Waals surface area (Å²) in [5, 5.41) is 3.29. The summed E-state index contributed by atoms with van der Waals surface area (Å²) >= 11 is 0. The SMILES string of the molecule is CC(C)CNCc1cc(F)cc(OCOCC2CC2)c1. The molecule has 1 aromatic carbocycles. The van der Waals surface area contributed by atoms with Crippen LogP contribution in [0.2, 0.25) is 0 Å². The molecule has 0 heterocycles. The number of hydrogen-bond acceptors (Lipinski definition) is 3. The molecule has 4 heteroatoms. The van der Waals surface area contributed by atoms with Gasteiger partial charge in [0.2, 0.25) is 0 Å². The Labute approximate surface area is 120 Å². The zero-order valence-electron chi connectivity index (χ0n) is 12.3. The predicted octanol–water partition coefficient (Wildman–Crippen LogP) is 3.33. The molecule has 0 aliphatic heterocycles. The molecular weight excluding hydrogens is 257 g/mol. The van der Waals surface area contributed by atoms with Crippen molar-refractivity contribution in [3.8, 4) is 5.75 Å². The van der Waals surface area contributed by atoms with E-state index < -0.39 is 0 Å². The number of nitrogens with one attached hydrogen (secondary N) is 1. The van der Waals surface area contributed by atoms with Gasteiger partial charge in [-0.1, -0.05) is 13.8 Å². The van der Waals surface area contributed by atoms with Gasteiger partial charge in [0, 0.05) is 12.6 Å². The maximum Gasteiger partial charge on any atom is 0.189 e. The molecule has 2 rings (SSSR count). The molecule has 0 aromatic heterocycles. The average molecular weight is 281 g/mol. The van der Waals surface area contributed by atoms with E-state index in [2.05, 4.69) is 19.2 Å². The normalized spacial score (nSPS) is 14.8. The third-order valence-corrected chi connectivity index (χ3v) is 3.17. The lowest BCUT2D eigenvalue weighted by molar-refractivity contribution is 0.00979. The maximum atomic E-state index is 13.5. The van der Waals surface area contributed by atoms with Crippen molar-refractivity contribution in [1.29, 1.82) is 0 Å². The van der Waals surface area contributed by atoms with E-state index in [-0.39, 0.29) is 12.6 Å². The molecule has 0 atom stereocenters. The first-order chi connectivity index (χ1) is 9.63. The van der Waals surface area contributed by atoms with Crippen LogP contribution in [0, 0.1) is 17.7 Å². The fraction of sp³-hybridized carbons (Fsp3) is 0.625. The lowest BCUT2D eigenvalue weighted by Gasteiger charge is -2.11. The van der Waals surface area contributed by atoms with Gasteiger partial charge in [-0.05, 0) is 48.9 Å². The monoisotopic (exact) mass is 281 g/mol. The van der Waals surface area contributed by atoms with Crippen LogP contribution in [-0.2, 0) is 11.3 Å². The molecule has 20 heavy (non-hydrogen) atoms. The molecule has 0 unspecified atom stereocenters. The van der Waals surface area contributed by atoms with Gasteiger partial charge < -0.3 is 14.8 Å². The lowest BCUT2D eigenvalue weighted by Crippen LogP contribution is -2.19. The van der Waals surface area contributed by atoms with Crippen LogP contribution in [0.15, 0.2) is 18.2 Å². The van der Waals surface area contributed by atoms with Crippen molar-refractivity contribution in [2.75, 3.05) is 19.9 Å². The molecule has 1 aromatic rings. The van der Waals surface area contributed by atoms with Crippen molar-refractivity contribution in [2.24, 2.45) is 11.8 Å². The summed E-state index contributed by atoms with van der Waals surface area (Å²) in [7, 11) is 0. The first-order valence-electron chi connectivity index (χ1n) is 7.34. The van der Waals surface area contributed by atoms with E-state index in [1.807, 2.05) is 6.07 Å². The molecule has 1 N–H and O–H groups in total. The van der Waals surface area contributed by atoms with E-state index in [0.717, 1.165) is 18.7 Å². The Balaban J connectivity index is 1.76. The third-order valence-electron chi connectivity index (χ3n) is 3.17. The summed E-state index contributed by atoms with van der Waals surface area (Å²) in [5.74, 6) is 1.55. The Morgan fingerprint density at radius 1 is 1.30 bits per heavy atom. The van der Waals surface area contributed by atoms with Gasteiger partial charge in [0.15, 0.2) is 6.79 Å². The van der Waals surface area contributed by atoms with E-state index in [4.69, 9.17) is 9.47 Å². The smallest absolute Gasteiger partial charge is 0.189 e. The average Bonchev–Trinajstić information content (AvgIpc) is 3.18. The maximum absolute atomic E-state index is 13.5. The second kappa shape index (κ2) is 7.60. The van der Waals surface area contributed by atoms with Crippen LogP contribution in [0.5, 0.6) is 5.75 Å². The Morgan fingerprint density at radius 2 is 2.10 bits per heavy atom. The highest BCUT2D eigenvalue weighted by molar-refractivity contribution is 5.29. The predicted molar refractivity (Wildman–Crippen MR) is 77.1 cm³/mol. The second-order valence-electron chi connectivity index (χ2n) is 5.90. The lowest BCUT2D eigenvalue weighted by atomic mass is 10.2. The summed E-state index contributed by atoms with van der Waals surface area (Å²) in [6.07, 6.45) is 2.51. The van der Waals surface area contributed by atoms with Crippen molar-refractivity contribution in [3.05, 3.63) is 29.6 Å². The molecule has 112 valence electrons. The van der Waals surface area contributed by atoms with Crippen LogP contribution < -0.4 is 10.1 Å². The highest BCUT2D eigenvalue weighted by Crippen LogP contribution is 2.28. The van der Waals surface area contributed by atoms with E-state index in [1.165, 1.54) is 25.0 Å². The minimum Gasteiger partial charge on any atom is -0.467 e. The Kier molecular flexibility index (Phi) is 5.80. The number of ether oxygens (including phenoxy) is 2. The fourth-order valence-electron chi connectivity index (χ4n) is 1.92. The summed E-state index contributed by atoms with van der Waals surface area (Å²) in [5.41, 5.74) is 0.892. The van der Waals surface area contributed by atoms with Crippen LogP contribution in [-0.4, -0.2) is 19.9 Å². The molecule has 1 saturated carbocycles. The number of halogens is 1. The molecule has 0 radical (unpaired) electrons. The van der Waals surface area contributed by atoms with Crippen molar-refractivity contribution < 1.29 is 13.9 Å². The van der Waals surface area contributed by atoms with Crippen molar-refractivity contribution >= 4 is 0 Å². The van der Waals surface area contributed by atoms with Gasteiger partial charge in [0.1, 0.15) is 11.6 Å². The van der Waals surface area contributed by atoms with E-state index in [9.17, 15) is 4.39 Å². The van der Waals surface area contributed by atoms with Crippen LogP contribution >= 0.6 is 0 Å². The van der Waals surface area contributed by atoms with Gasteiger partial charge in [-0.2, -0.15) is 0 Å². The standard InChI is InChI=1S/C16H24FNO2/c1-12(2)8-18-9-14-5-15(17)7-16(6-14)20-11-19-10-13-3-4-13/h5-7,12-13,18H,3-4,8-11H2,1-2H3. The molecule has 0 bridgehead atoms. The highest BCUT2D eigenvalue weighted by atomic mass is 19.1. The minimum atomic E-state index is -0.272. The zero-order valence-corrected chi connectivity index (χ0v) is 12.3. The Morgan fingerprint density at radius 3 is 2.80 bits per heavy atom. The second-order valence-corrected chi connectivity index (χ2v) is 5.90. The van der Waals surface area contributed by atoms with Crippen molar-refractivity contribution in [2.45, 2.75) is 33.2 Å². The first-order valence-corrected chi connectivity index (χ1v) is 7.34. The van der Waals surface area contributed by atoms with E-state index >= 15 is 0 Å². The van der Waals surface area contributed by atoms with Gasteiger partial charge in [-0.3, -0.25) is 0 Å². The fourth-order valence-corrected chi connectivity index (χ4v) is 1.92. The quantitative estimate of drug-likeness (QED) is 0.556. The molecular formula is C16H24FNO2. The van der Waals surface area contributed by atoms with Gasteiger partial charge in [0.05, 0.1) is 6.61 Å². The molecule has 3 nitrogen and oxygen atoms in total. The molecule has 0 amide bonds. The van der Waals surface area contributed by atoms with Gasteiger partial charge in [-0.25, -0.2) is 4.39 Å². The first kappa shape index (κ1) is 15.3. The van der Waals surface area contributed by atoms with Gasteiger partial charge in [-0.15, -0.1) is 0 Å². The van der Waals surface area contributed by atoms with Gasteiger partial charge >= 0.3 is 0 Å². The van der Waals surface area contributed by atoms with Gasteiger partial charge in [0.25, 0.3) is 0 Å². The minimum absolute atomic E-state index is 0.193. The number of hydrogen-bond donors (Lipinski definition) is 1. The largest absolute Gasteiger partial charge is 0.467 e. The van der Waals surface area contributed by atoms with Crippen molar-refractivity contribution in [1.82, 2.24) is 5.32 Å². The summed E-state index contributed by atoms with van der Waals surface area (Å²) < 4.78 is 24.3. The third kappa shape index (κ3) is 5.88. The molecule has 1 aliphatic rings. The Bertz CT molecular complexity index is 419. The number of benzene rings is 1. The highest BCUT2D eigenvalue weighted by Gasteiger charge is 2.21. The number of rotatable bonds is 9.